The van der Waals surface area contributed by atoms with Gasteiger partial charge in [0.25, 0.3) is 5.56 Å². The Balaban J connectivity index is 1.85. The number of anilines is 2. The van der Waals surface area contributed by atoms with Crippen LogP contribution in [0.1, 0.15) is 6.42 Å². The van der Waals surface area contributed by atoms with Crippen LogP contribution in [0.5, 0.6) is 0 Å². The van der Waals surface area contributed by atoms with Crippen molar-refractivity contribution in [1.29, 1.82) is 0 Å². The van der Waals surface area contributed by atoms with Crippen LogP contribution in [0.3, 0.4) is 0 Å². The van der Waals surface area contributed by atoms with Crippen molar-refractivity contribution in [2.45, 2.75) is 12.0 Å². The molecule has 0 aliphatic carbocycles. The maximum absolute atomic E-state index is 11.9. The quantitative estimate of drug-likeness (QED) is 0.590. The smallest absolute Gasteiger partial charge is 0.260 e. The van der Waals surface area contributed by atoms with E-state index >= 15 is 0 Å². The number of nitrogens with two attached hydrogens (primary N) is 1. The van der Waals surface area contributed by atoms with Gasteiger partial charge in [0.2, 0.25) is 5.95 Å². The lowest BCUT2D eigenvalue weighted by Crippen LogP contribution is -2.37. The maximum atomic E-state index is 11.9. The second kappa shape index (κ2) is 4.77. The highest BCUT2D eigenvalue weighted by atomic mass is 16.5. The number of H-pyrrole nitrogens is 1. The minimum atomic E-state index is -0.908. The minimum Gasteiger partial charge on any atom is -0.399 e. The Morgan fingerprint density at radius 1 is 1.55 bits per heavy atom. The first-order valence-electron chi connectivity index (χ1n) is 6.39. The Hall–Kier alpha value is -2.12. The van der Waals surface area contributed by atoms with E-state index in [1.165, 1.54) is 0 Å². The van der Waals surface area contributed by atoms with Crippen LogP contribution in [0.15, 0.2) is 23.0 Å². The summed E-state index contributed by atoms with van der Waals surface area (Å²) in [7, 11) is 0. The molecule has 7 nitrogen and oxygen atoms in total. The molecule has 106 valence electrons. The molecular formula is C13H16N4O3. The molecule has 2 heterocycles. The van der Waals surface area contributed by atoms with E-state index in [0.29, 0.717) is 35.6 Å². The highest BCUT2D eigenvalue weighted by Gasteiger charge is 2.32. The molecule has 1 atom stereocenters. The third kappa shape index (κ3) is 2.45. The van der Waals surface area contributed by atoms with Crippen molar-refractivity contribution in [2.24, 2.45) is 0 Å². The topological polar surface area (TPSA) is 113 Å². The molecule has 0 saturated carbocycles. The molecule has 0 radical (unpaired) electrons. The molecule has 0 bridgehead atoms. The molecule has 1 aliphatic rings. The zero-order chi connectivity index (χ0) is 14.2. The number of hydrogen-bond acceptors (Lipinski definition) is 6. The third-order valence-corrected chi connectivity index (χ3v) is 3.40. The van der Waals surface area contributed by atoms with Crippen molar-refractivity contribution in [3.05, 3.63) is 28.6 Å². The summed E-state index contributed by atoms with van der Waals surface area (Å²) in [6.45, 7) is 1.10. The van der Waals surface area contributed by atoms with Crippen molar-refractivity contribution in [3.63, 3.8) is 0 Å². The molecule has 1 unspecified atom stereocenters. The van der Waals surface area contributed by atoms with E-state index in [0.717, 1.165) is 0 Å². The van der Waals surface area contributed by atoms with Crippen molar-refractivity contribution >= 4 is 22.5 Å². The summed E-state index contributed by atoms with van der Waals surface area (Å²) in [6.07, 6.45) is 0.564. The number of benzene rings is 1. The van der Waals surface area contributed by atoms with Crippen LogP contribution in [-0.4, -0.2) is 40.4 Å². The highest BCUT2D eigenvalue weighted by Crippen LogP contribution is 2.19. The Bertz CT molecular complexity index is 692. The number of rotatable bonds is 3. The van der Waals surface area contributed by atoms with E-state index in [-0.39, 0.29) is 18.7 Å². The molecule has 5 N–H and O–H groups in total. The van der Waals surface area contributed by atoms with E-state index in [9.17, 15) is 9.90 Å². The first-order chi connectivity index (χ1) is 9.56. The van der Waals surface area contributed by atoms with Gasteiger partial charge in [0.05, 0.1) is 17.5 Å². The number of hydrogen-bond donors (Lipinski definition) is 4. The second-order valence-electron chi connectivity index (χ2n) is 5.07. The van der Waals surface area contributed by atoms with Crippen molar-refractivity contribution < 1.29 is 9.84 Å². The number of nitrogens with one attached hydrogen (secondary N) is 2. The van der Waals surface area contributed by atoms with Gasteiger partial charge in [0.15, 0.2) is 0 Å². The number of ether oxygens (including phenoxy) is 1. The van der Waals surface area contributed by atoms with Crippen LogP contribution in [0.4, 0.5) is 11.6 Å². The van der Waals surface area contributed by atoms with Crippen LogP contribution in [0, 0.1) is 0 Å². The fraction of sp³-hybridized carbons (Fsp3) is 0.385. The van der Waals surface area contributed by atoms with Crippen LogP contribution in [-0.2, 0) is 4.74 Å². The molecule has 1 aromatic heterocycles. The van der Waals surface area contributed by atoms with Gasteiger partial charge in [-0.1, -0.05) is 0 Å². The Morgan fingerprint density at radius 2 is 2.40 bits per heavy atom. The summed E-state index contributed by atoms with van der Waals surface area (Å²) in [5.41, 5.74) is 5.55. The average Bonchev–Trinajstić information content (AvgIpc) is 2.85. The Morgan fingerprint density at radius 3 is 3.15 bits per heavy atom. The molecule has 1 saturated heterocycles. The lowest BCUT2D eigenvalue weighted by atomic mass is 10.0. The summed E-state index contributed by atoms with van der Waals surface area (Å²) in [4.78, 5) is 18.9. The zero-order valence-electron chi connectivity index (χ0n) is 10.8. The van der Waals surface area contributed by atoms with Gasteiger partial charge in [-0.25, -0.2) is 4.98 Å². The van der Waals surface area contributed by atoms with Gasteiger partial charge in [-0.15, -0.1) is 0 Å². The Kier molecular flexibility index (Phi) is 3.07. The van der Waals surface area contributed by atoms with Crippen molar-refractivity contribution in [2.75, 3.05) is 30.8 Å². The monoisotopic (exact) mass is 276 g/mol. The normalized spacial score (nSPS) is 22.2. The second-order valence-corrected chi connectivity index (χ2v) is 5.07. The van der Waals surface area contributed by atoms with Crippen molar-refractivity contribution in [3.8, 4) is 0 Å². The molecule has 1 fully saturated rings. The molecule has 7 heteroatoms. The first-order valence-corrected chi connectivity index (χ1v) is 6.39. The summed E-state index contributed by atoms with van der Waals surface area (Å²) in [5.74, 6) is 0.326. The molecule has 1 aliphatic heterocycles. The Labute approximate surface area is 114 Å². The fourth-order valence-electron chi connectivity index (χ4n) is 2.22. The van der Waals surface area contributed by atoms with Crippen molar-refractivity contribution in [1.82, 2.24) is 9.97 Å². The molecule has 0 spiro atoms. The molecule has 20 heavy (non-hydrogen) atoms. The van der Waals surface area contributed by atoms with E-state index in [2.05, 4.69) is 15.3 Å². The average molecular weight is 276 g/mol. The van der Waals surface area contributed by atoms with Gasteiger partial charge >= 0.3 is 0 Å². The van der Waals surface area contributed by atoms with E-state index in [4.69, 9.17) is 10.5 Å². The molecule has 3 rings (SSSR count). The SMILES string of the molecule is Nc1ccc2nc(NCC3(O)CCOC3)[nH]c(=O)c2c1. The van der Waals surface area contributed by atoms with Crippen LogP contribution < -0.4 is 16.6 Å². The number of fused-ring (bicyclic) bond motifs is 1. The molecule has 1 aromatic carbocycles. The van der Waals surface area contributed by atoms with Gasteiger partial charge in [-0.05, 0) is 18.2 Å². The van der Waals surface area contributed by atoms with E-state index < -0.39 is 5.60 Å². The van der Waals surface area contributed by atoms with Crippen LogP contribution in [0.2, 0.25) is 0 Å². The van der Waals surface area contributed by atoms with Gasteiger partial charge in [0.1, 0.15) is 5.60 Å². The van der Waals surface area contributed by atoms with E-state index in [1.807, 2.05) is 0 Å². The van der Waals surface area contributed by atoms with Crippen LogP contribution in [0.25, 0.3) is 10.9 Å². The summed E-state index contributed by atoms with van der Waals surface area (Å²) in [5, 5.41) is 13.5. The molecule has 2 aromatic rings. The number of aromatic amines is 1. The largest absolute Gasteiger partial charge is 0.399 e. The number of nitrogen functional groups attached to an aromatic ring is 1. The predicted molar refractivity (Wildman–Crippen MR) is 75.7 cm³/mol. The predicted octanol–water partition coefficient (Wildman–Crippen LogP) is 0.0686. The van der Waals surface area contributed by atoms with Gasteiger partial charge in [-0.2, -0.15) is 0 Å². The molecular weight excluding hydrogens is 260 g/mol. The number of nitrogens with zero attached hydrogens (tertiary/aromatic N) is 1. The first kappa shape index (κ1) is 12.9. The number of aromatic nitrogens is 2. The summed E-state index contributed by atoms with van der Waals surface area (Å²) in [6, 6.07) is 4.97. The fourth-order valence-corrected chi connectivity index (χ4v) is 2.22. The van der Waals surface area contributed by atoms with Gasteiger partial charge in [0, 0.05) is 25.3 Å². The van der Waals surface area contributed by atoms with Gasteiger partial charge in [-0.3, -0.25) is 9.78 Å². The summed E-state index contributed by atoms with van der Waals surface area (Å²) < 4.78 is 5.16. The van der Waals surface area contributed by atoms with Gasteiger partial charge < -0.3 is 20.9 Å². The lowest BCUT2D eigenvalue weighted by molar-refractivity contribution is 0.0380. The maximum Gasteiger partial charge on any atom is 0.260 e. The highest BCUT2D eigenvalue weighted by molar-refractivity contribution is 5.81. The third-order valence-electron chi connectivity index (χ3n) is 3.40. The standard InChI is InChI=1S/C13H16N4O3/c14-8-1-2-10-9(5-8)11(18)17-12(16-10)15-6-13(19)3-4-20-7-13/h1-2,5,19H,3-4,6-7,14H2,(H2,15,16,17,18). The number of aliphatic hydroxyl groups is 1. The lowest BCUT2D eigenvalue weighted by Gasteiger charge is -2.20. The molecule has 0 amide bonds. The summed E-state index contributed by atoms with van der Waals surface area (Å²) >= 11 is 0. The van der Waals surface area contributed by atoms with Crippen LogP contribution >= 0.6 is 0 Å². The van der Waals surface area contributed by atoms with E-state index in [1.54, 1.807) is 18.2 Å². The zero-order valence-corrected chi connectivity index (χ0v) is 10.8. The minimum absolute atomic E-state index is 0.264.